The summed E-state index contributed by atoms with van der Waals surface area (Å²) in [6.45, 7) is 0. The maximum atomic E-state index is 4.33. The molecule has 1 heterocycles. The topological polar surface area (TPSA) is 12.4 Å². The normalized spacial score (nSPS) is 26.0. The molecule has 0 N–H and O–H groups in total. The van der Waals surface area contributed by atoms with Crippen LogP contribution >= 0.6 is 0 Å². The van der Waals surface area contributed by atoms with Gasteiger partial charge in [0.2, 0.25) is 0 Å². The minimum atomic E-state index is 0.932. The zero-order valence-corrected chi connectivity index (χ0v) is 6.90. The molecular weight excluding hydrogens is 146 g/mol. The van der Waals surface area contributed by atoms with Gasteiger partial charge in [0.1, 0.15) is 0 Å². The third kappa shape index (κ3) is 1.82. The van der Waals surface area contributed by atoms with Gasteiger partial charge < -0.3 is 0 Å². The van der Waals surface area contributed by atoms with Crippen LogP contribution in [0.4, 0.5) is 0 Å². The predicted octanol–water partition coefficient (Wildman–Crippen LogP) is 2.79. The fourth-order valence-corrected chi connectivity index (χ4v) is 1.10. The Labute approximate surface area is 72.5 Å². The van der Waals surface area contributed by atoms with Crippen LogP contribution in [-0.4, -0.2) is 6.21 Å². The molecule has 0 aromatic rings. The van der Waals surface area contributed by atoms with Crippen molar-refractivity contribution in [3.05, 3.63) is 47.7 Å². The summed E-state index contributed by atoms with van der Waals surface area (Å²) in [5.74, 6) is 0. The molecule has 0 unspecified atom stereocenters. The average molecular weight is 157 g/mol. The van der Waals surface area contributed by atoms with E-state index in [-0.39, 0.29) is 0 Å². The van der Waals surface area contributed by atoms with Crippen molar-refractivity contribution in [3.8, 4) is 0 Å². The smallest absolute Gasteiger partial charge is 0.0480 e. The Morgan fingerprint density at radius 2 is 2.00 bits per heavy atom. The molecule has 1 aliphatic heterocycles. The van der Waals surface area contributed by atoms with Gasteiger partial charge in [-0.1, -0.05) is 36.5 Å². The summed E-state index contributed by atoms with van der Waals surface area (Å²) in [5.41, 5.74) is 2.62. The van der Waals surface area contributed by atoms with Gasteiger partial charge >= 0.3 is 0 Å². The molecule has 2 rings (SSSR count). The lowest BCUT2D eigenvalue weighted by atomic mass is 10.3. The monoisotopic (exact) mass is 157 g/mol. The van der Waals surface area contributed by atoms with Crippen molar-refractivity contribution in [2.24, 2.45) is 4.99 Å². The lowest BCUT2D eigenvalue weighted by molar-refractivity contribution is 1.36. The molecule has 0 saturated carbocycles. The van der Waals surface area contributed by atoms with Gasteiger partial charge in [-0.2, -0.15) is 0 Å². The predicted molar refractivity (Wildman–Crippen MR) is 52.2 cm³/mol. The van der Waals surface area contributed by atoms with E-state index in [1.807, 2.05) is 24.4 Å². The van der Waals surface area contributed by atoms with E-state index in [1.54, 1.807) is 0 Å². The van der Waals surface area contributed by atoms with Gasteiger partial charge in [-0.25, -0.2) is 0 Å². The summed E-state index contributed by atoms with van der Waals surface area (Å²) in [4.78, 5) is 4.33. The van der Waals surface area contributed by atoms with E-state index in [9.17, 15) is 0 Å². The van der Waals surface area contributed by atoms with Gasteiger partial charge in [-0.05, 0) is 5.57 Å². The molecule has 12 heavy (non-hydrogen) atoms. The van der Waals surface area contributed by atoms with Crippen LogP contribution in [0.15, 0.2) is 52.7 Å². The second-order valence-electron chi connectivity index (χ2n) is 2.87. The van der Waals surface area contributed by atoms with Gasteiger partial charge in [0.25, 0.3) is 0 Å². The summed E-state index contributed by atoms with van der Waals surface area (Å²) < 4.78 is 0. The Balaban J connectivity index is 2.15. The van der Waals surface area contributed by atoms with Crippen molar-refractivity contribution in [1.29, 1.82) is 0 Å². The minimum Gasteiger partial charge on any atom is -0.265 e. The molecule has 2 aliphatic rings. The molecule has 1 nitrogen and oxygen atoms in total. The molecule has 0 radical (unpaired) electrons. The standard InChI is InChI=1S/C11H11N/c1-2-4-6-8-12-11-9-10(11)7-5-3-1/h1-5,7-8H,6,9H2/b3-1-,4-2-,7-5?,12-8?. The van der Waals surface area contributed by atoms with E-state index >= 15 is 0 Å². The molecule has 0 amide bonds. The highest BCUT2D eigenvalue weighted by atomic mass is 14.8. The largest absolute Gasteiger partial charge is 0.265 e. The van der Waals surface area contributed by atoms with E-state index in [4.69, 9.17) is 0 Å². The minimum absolute atomic E-state index is 0.932. The number of rotatable bonds is 0. The molecule has 1 heteroatoms. The van der Waals surface area contributed by atoms with Gasteiger partial charge in [0, 0.05) is 24.8 Å². The van der Waals surface area contributed by atoms with Crippen molar-refractivity contribution in [3.63, 3.8) is 0 Å². The van der Waals surface area contributed by atoms with Crippen LogP contribution in [-0.2, 0) is 0 Å². The summed E-state index contributed by atoms with van der Waals surface area (Å²) in [6.07, 6.45) is 16.4. The van der Waals surface area contributed by atoms with Crippen LogP contribution in [0, 0.1) is 0 Å². The Morgan fingerprint density at radius 1 is 1.08 bits per heavy atom. The fourth-order valence-electron chi connectivity index (χ4n) is 1.10. The maximum Gasteiger partial charge on any atom is 0.0480 e. The molecule has 0 saturated heterocycles. The Bertz CT molecular complexity index is 314. The first kappa shape index (κ1) is 7.29. The van der Waals surface area contributed by atoms with Crippen molar-refractivity contribution in [2.45, 2.75) is 12.8 Å². The molecule has 0 bridgehead atoms. The average Bonchev–Trinajstić information content (AvgIpc) is 2.78. The number of allylic oxidation sites excluding steroid dienone is 8. The van der Waals surface area contributed by atoms with Gasteiger partial charge in [0.15, 0.2) is 0 Å². The van der Waals surface area contributed by atoms with Gasteiger partial charge in [-0.15, -0.1) is 0 Å². The highest BCUT2D eigenvalue weighted by molar-refractivity contribution is 5.64. The first-order valence-corrected chi connectivity index (χ1v) is 4.21. The molecule has 0 spiro atoms. The number of hydrogen-bond donors (Lipinski definition) is 0. The van der Waals surface area contributed by atoms with Crippen molar-refractivity contribution in [1.82, 2.24) is 0 Å². The summed E-state index contributed by atoms with van der Waals surface area (Å²) in [5, 5.41) is 0. The molecule has 60 valence electrons. The first-order valence-electron chi connectivity index (χ1n) is 4.21. The molecule has 1 aliphatic carbocycles. The van der Waals surface area contributed by atoms with Crippen LogP contribution in [0.1, 0.15) is 12.8 Å². The quantitative estimate of drug-likeness (QED) is 0.512. The lowest BCUT2D eigenvalue weighted by Gasteiger charge is -1.78. The van der Waals surface area contributed by atoms with E-state index in [0.29, 0.717) is 0 Å². The molecular formula is C11H11N. The van der Waals surface area contributed by atoms with E-state index in [0.717, 1.165) is 12.8 Å². The highest BCUT2D eigenvalue weighted by Crippen LogP contribution is 2.32. The van der Waals surface area contributed by atoms with Gasteiger partial charge in [-0.3, -0.25) is 4.99 Å². The molecule has 0 aromatic carbocycles. The molecule has 0 aromatic heterocycles. The SMILES string of the molecule is C1=CC2=C(C2)N=CC/C=C\C=C/1. The highest BCUT2D eigenvalue weighted by Gasteiger charge is 2.16. The van der Waals surface area contributed by atoms with E-state index in [2.05, 4.69) is 23.2 Å². The van der Waals surface area contributed by atoms with Crippen LogP contribution in [0.25, 0.3) is 0 Å². The second-order valence-corrected chi connectivity index (χ2v) is 2.87. The zero-order valence-electron chi connectivity index (χ0n) is 6.90. The molecule has 0 fully saturated rings. The van der Waals surface area contributed by atoms with Crippen LogP contribution < -0.4 is 0 Å². The summed E-state index contributed by atoms with van der Waals surface area (Å²) in [7, 11) is 0. The Hall–Kier alpha value is -1.37. The second kappa shape index (κ2) is 3.35. The van der Waals surface area contributed by atoms with Crippen LogP contribution in [0.5, 0.6) is 0 Å². The van der Waals surface area contributed by atoms with Crippen LogP contribution in [0.2, 0.25) is 0 Å². The summed E-state index contributed by atoms with van der Waals surface area (Å²) in [6, 6.07) is 0. The van der Waals surface area contributed by atoms with Gasteiger partial charge in [0.05, 0.1) is 0 Å². The lowest BCUT2D eigenvalue weighted by Crippen LogP contribution is -1.67. The number of aliphatic imine (C=N–C) groups is 1. The molecule has 0 atom stereocenters. The number of hydrogen-bond acceptors (Lipinski definition) is 1. The van der Waals surface area contributed by atoms with Crippen molar-refractivity contribution < 1.29 is 0 Å². The van der Waals surface area contributed by atoms with Crippen molar-refractivity contribution >= 4 is 6.21 Å². The van der Waals surface area contributed by atoms with E-state index < -0.39 is 0 Å². The third-order valence-corrected chi connectivity index (χ3v) is 1.86. The fraction of sp³-hybridized carbons (Fsp3) is 0.182. The van der Waals surface area contributed by atoms with Crippen molar-refractivity contribution in [2.75, 3.05) is 0 Å². The Morgan fingerprint density at radius 3 is 3.00 bits per heavy atom. The Kier molecular flexibility index (Phi) is 2.04. The van der Waals surface area contributed by atoms with E-state index in [1.165, 1.54) is 11.3 Å². The third-order valence-electron chi connectivity index (χ3n) is 1.86. The maximum absolute atomic E-state index is 4.33. The first-order chi connectivity index (χ1) is 5.97. The van der Waals surface area contributed by atoms with Crippen LogP contribution in [0.3, 0.4) is 0 Å². The number of nitrogens with zero attached hydrogens (tertiary/aromatic N) is 1. The summed E-state index contributed by atoms with van der Waals surface area (Å²) >= 11 is 0. The zero-order chi connectivity index (χ0) is 8.23.